The van der Waals surface area contributed by atoms with Gasteiger partial charge in [0.15, 0.2) is 5.58 Å². The number of oxazole rings is 1. The van der Waals surface area contributed by atoms with Crippen LogP contribution in [-0.4, -0.2) is 24.7 Å². The van der Waals surface area contributed by atoms with Gasteiger partial charge in [-0.15, -0.1) is 0 Å². The van der Waals surface area contributed by atoms with E-state index in [-0.39, 0.29) is 23.8 Å². The summed E-state index contributed by atoms with van der Waals surface area (Å²) in [5.74, 6) is -0.0120. The fraction of sp³-hybridized carbons (Fsp3) is 0.200. The number of esters is 1. The lowest BCUT2D eigenvalue weighted by Crippen LogP contribution is -2.22. The van der Waals surface area contributed by atoms with Crippen molar-refractivity contribution in [3.8, 4) is 23.0 Å². The van der Waals surface area contributed by atoms with Crippen molar-refractivity contribution >= 4 is 17.1 Å². The number of nitrogens with zero attached hydrogens (tertiary/aromatic N) is 1. The molecule has 0 radical (unpaired) electrons. The number of halogens is 3. The van der Waals surface area contributed by atoms with Gasteiger partial charge in [0, 0.05) is 5.56 Å². The van der Waals surface area contributed by atoms with Crippen LogP contribution in [0.1, 0.15) is 24.2 Å². The summed E-state index contributed by atoms with van der Waals surface area (Å²) in [6, 6.07) is 16.2. The molecule has 0 aliphatic rings. The molecular formula is C25H20F3NO5. The summed E-state index contributed by atoms with van der Waals surface area (Å²) in [4.78, 5) is 17.2. The lowest BCUT2D eigenvalue weighted by atomic mass is 10.1. The fourth-order valence-electron chi connectivity index (χ4n) is 3.37. The Balaban J connectivity index is 1.79. The molecule has 0 spiro atoms. The minimum absolute atomic E-state index is 0.00684. The van der Waals surface area contributed by atoms with Crippen molar-refractivity contribution in [2.24, 2.45) is 0 Å². The minimum Gasteiger partial charge on any atom is -0.497 e. The molecule has 34 heavy (non-hydrogen) atoms. The van der Waals surface area contributed by atoms with Crippen LogP contribution in [0.3, 0.4) is 0 Å². The third-order valence-corrected chi connectivity index (χ3v) is 4.97. The van der Waals surface area contributed by atoms with E-state index in [0.29, 0.717) is 22.4 Å². The number of carbonyl (C=O) groups excluding carboxylic acids is 1. The third kappa shape index (κ3) is 4.83. The Bertz CT molecular complexity index is 1280. The van der Waals surface area contributed by atoms with Gasteiger partial charge in [0.2, 0.25) is 12.0 Å². The monoisotopic (exact) mass is 471 g/mol. The van der Waals surface area contributed by atoms with E-state index in [1.54, 1.807) is 37.3 Å². The van der Waals surface area contributed by atoms with Gasteiger partial charge in [-0.05, 0) is 49.4 Å². The SMILES string of the molecule is CCOC(=O)C(Oc1ccc(OC)cc1-c1nc2ccccc2o1)c1cccc(C(F)(F)F)c1. The first-order valence-electron chi connectivity index (χ1n) is 10.3. The van der Waals surface area contributed by atoms with Crippen molar-refractivity contribution in [3.05, 3.63) is 77.9 Å². The second-order valence-corrected chi connectivity index (χ2v) is 7.22. The molecule has 1 atom stereocenters. The second-order valence-electron chi connectivity index (χ2n) is 7.22. The number of benzene rings is 3. The molecule has 0 saturated heterocycles. The lowest BCUT2D eigenvalue weighted by molar-refractivity contribution is -0.152. The van der Waals surface area contributed by atoms with Gasteiger partial charge in [0.25, 0.3) is 0 Å². The predicted octanol–water partition coefficient (Wildman–Crippen LogP) is 6.21. The molecule has 0 saturated carbocycles. The summed E-state index contributed by atoms with van der Waals surface area (Å²) in [5.41, 5.74) is 0.582. The van der Waals surface area contributed by atoms with Crippen LogP contribution in [0.2, 0.25) is 0 Å². The number of aromatic nitrogens is 1. The van der Waals surface area contributed by atoms with Gasteiger partial charge in [-0.1, -0.05) is 24.3 Å². The first-order valence-corrected chi connectivity index (χ1v) is 10.3. The summed E-state index contributed by atoms with van der Waals surface area (Å²) in [5, 5.41) is 0. The van der Waals surface area contributed by atoms with Crippen LogP contribution in [0, 0.1) is 0 Å². The van der Waals surface area contributed by atoms with Gasteiger partial charge < -0.3 is 18.6 Å². The molecule has 0 fully saturated rings. The van der Waals surface area contributed by atoms with Crippen molar-refractivity contribution in [1.82, 2.24) is 4.98 Å². The number of ether oxygens (including phenoxy) is 3. The first kappa shape index (κ1) is 23.2. The molecule has 9 heteroatoms. The first-order chi connectivity index (χ1) is 16.3. The van der Waals surface area contributed by atoms with Crippen molar-refractivity contribution in [3.63, 3.8) is 0 Å². The molecule has 4 aromatic rings. The molecular weight excluding hydrogens is 451 g/mol. The van der Waals surface area contributed by atoms with Gasteiger partial charge in [-0.25, -0.2) is 9.78 Å². The molecule has 176 valence electrons. The molecule has 4 rings (SSSR count). The van der Waals surface area contributed by atoms with E-state index in [4.69, 9.17) is 18.6 Å². The Morgan fingerprint density at radius 2 is 1.85 bits per heavy atom. The summed E-state index contributed by atoms with van der Waals surface area (Å²) < 4.78 is 62.0. The number of hydrogen-bond acceptors (Lipinski definition) is 6. The molecule has 1 unspecified atom stereocenters. The van der Waals surface area contributed by atoms with Gasteiger partial charge in [-0.3, -0.25) is 0 Å². The van der Waals surface area contributed by atoms with Gasteiger partial charge in [0.05, 0.1) is 24.8 Å². The molecule has 0 bridgehead atoms. The fourth-order valence-corrected chi connectivity index (χ4v) is 3.37. The molecule has 1 aromatic heterocycles. The summed E-state index contributed by atoms with van der Waals surface area (Å²) in [7, 11) is 1.48. The number of carbonyl (C=O) groups is 1. The van der Waals surface area contributed by atoms with E-state index in [1.165, 1.54) is 25.3 Å². The second kappa shape index (κ2) is 9.46. The normalized spacial score (nSPS) is 12.4. The number of hydrogen-bond donors (Lipinski definition) is 0. The van der Waals surface area contributed by atoms with Crippen molar-refractivity contribution in [2.45, 2.75) is 19.2 Å². The maximum atomic E-state index is 13.3. The average Bonchev–Trinajstić information content (AvgIpc) is 3.26. The van der Waals surface area contributed by atoms with Crippen LogP contribution in [0.4, 0.5) is 13.2 Å². The Morgan fingerprint density at radius 1 is 1.06 bits per heavy atom. The molecule has 0 aliphatic carbocycles. The lowest BCUT2D eigenvalue weighted by Gasteiger charge is -2.20. The standard InChI is InChI=1S/C25H20F3NO5/c1-3-32-24(30)22(15-7-6-8-16(13-15)25(26,27)28)33-20-12-11-17(31-2)14-18(20)23-29-19-9-4-5-10-21(19)34-23/h4-14,22H,3H2,1-2H3. The molecule has 0 aliphatic heterocycles. The van der Waals surface area contributed by atoms with E-state index in [1.807, 2.05) is 6.07 Å². The van der Waals surface area contributed by atoms with E-state index in [9.17, 15) is 18.0 Å². The van der Waals surface area contributed by atoms with E-state index in [0.717, 1.165) is 12.1 Å². The molecule has 3 aromatic carbocycles. The molecule has 0 amide bonds. The van der Waals surface area contributed by atoms with E-state index >= 15 is 0 Å². The maximum absolute atomic E-state index is 13.3. The molecule has 0 N–H and O–H groups in total. The van der Waals surface area contributed by atoms with Crippen LogP contribution >= 0.6 is 0 Å². The zero-order valence-electron chi connectivity index (χ0n) is 18.3. The highest BCUT2D eigenvalue weighted by atomic mass is 19.4. The van der Waals surface area contributed by atoms with Crippen molar-refractivity contribution in [1.29, 1.82) is 0 Å². The topological polar surface area (TPSA) is 70.8 Å². The van der Waals surface area contributed by atoms with Gasteiger partial charge >= 0.3 is 12.1 Å². The summed E-state index contributed by atoms with van der Waals surface area (Å²) in [6.07, 6.45) is -6.04. The van der Waals surface area contributed by atoms with E-state index in [2.05, 4.69) is 4.98 Å². The number of methoxy groups -OCH3 is 1. The van der Waals surface area contributed by atoms with Crippen LogP contribution < -0.4 is 9.47 Å². The summed E-state index contributed by atoms with van der Waals surface area (Å²) >= 11 is 0. The van der Waals surface area contributed by atoms with Crippen LogP contribution in [-0.2, 0) is 15.7 Å². The van der Waals surface area contributed by atoms with Crippen LogP contribution in [0.25, 0.3) is 22.6 Å². The smallest absolute Gasteiger partial charge is 0.416 e. The van der Waals surface area contributed by atoms with E-state index < -0.39 is 23.8 Å². The van der Waals surface area contributed by atoms with Crippen molar-refractivity contribution < 1.29 is 36.6 Å². The Kier molecular flexibility index (Phi) is 6.45. The number of alkyl halides is 3. The number of fused-ring (bicyclic) bond motifs is 1. The highest BCUT2D eigenvalue weighted by molar-refractivity contribution is 5.80. The zero-order chi connectivity index (χ0) is 24.3. The predicted molar refractivity (Wildman–Crippen MR) is 117 cm³/mol. The Hall–Kier alpha value is -4.01. The van der Waals surface area contributed by atoms with Gasteiger partial charge in [-0.2, -0.15) is 13.2 Å². The molecule has 6 nitrogen and oxygen atoms in total. The number of rotatable bonds is 7. The van der Waals surface area contributed by atoms with Crippen LogP contribution in [0.15, 0.2) is 71.1 Å². The van der Waals surface area contributed by atoms with Crippen LogP contribution in [0.5, 0.6) is 11.5 Å². The third-order valence-electron chi connectivity index (χ3n) is 4.97. The summed E-state index contributed by atoms with van der Waals surface area (Å²) in [6.45, 7) is 1.62. The van der Waals surface area contributed by atoms with Gasteiger partial charge in [0.1, 0.15) is 17.0 Å². The highest BCUT2D eigenvalue weighted by Gasteiger charge is 2.33. The van der Waals surface area contributed by atoms with Crippen molar-refractivity contribution in [2.75, 3.05) is 13.7 Å². The zero-order valence-corrected chi connectivity index (χ0v) is 18.3. The Labute approximate surface area is 192 Å². The Morgan fingerprint density at radius 3 is 2.56 bits per heavy atom. The quantitative estimate of drug-likeness (QED) is 0.299. The average molecular weight is 471 g/mol. The largest absolute Gasteiger partial charge is 0.497 e. The maximum Gasteiger partial charge on any atom is 0.416 e. The molecule has 1 heterocycles. The number of para-hydroxylation sites is 2. The highest BCUT2D eigenvalue weighted by Crippen LogP contribution is 2.38. The minimum atomic E-state index is -4.58.